The van der Waals surface area contributed by atoms with E-state index < -0.39 is 0 Å². The summed E-state index contributed by atoms with van der Waals surface area (Å²) in [5.41, 5.74) is 1.69. The molecule has 0 unspecified atom stereocenters. The molecule has 0 aromatic heterocycles. The summed E-state index contributed by atoms with van der Waals surface area (Å²) in [6, 6.07) is 5.44. The number of hydrogen-bond donors (Lipinski definition) is 0. The summed E-state index contributed by atoms with van der Waals surface area (Å²) in [6.45, 7) is 0.829. The summed E-state index contributed by atoms with van der Waals surface area (Å²) in [7, 11) is 0. The number of hydrazine groups is 1. The standard InChI is InChI=1S/C18H19BrN2O4/c19-9-1-2-10-25-16-6-3-5-13-14(16)11-20(15(13)12-22)21-17(23)7-4-8-18(21)24/h3,5-6H,1-2,4,7-11H2. The van der Waals surface area contributed by atoms with Gasteiger partial charge in [-0.15, -0.1) is 0 Å². The van der Waals surface area contributed by atoms with E-state index in [1.807, 2.05) is 12.0 Å². The van der Waals surface area contributed by atoms with Crippen molar-refractivity contribution in [2.75, 3.05) is 11.9 Å². The van der Waals surface area contributed by atoms with Crippen LogP contribution in [0.3, 0.4) is 0 Å². The zero-order chi connectivity index (χ0) is 17.8. The first-order chi connectivity index (χ1) is 12.2. The van der Waals surface area contributed by atoms with Crippen LogP contribution in [0.5, 0.6) is 5.75 Å². The summed E-state index contributed by atoms with van der Waals surface area (Å²) in [5.74, 6) is 2.01. The number of fused-ring (bicyclic) bond motifs is 1. The fraction of sp³-hybridized carbons (Fsp3) is 0.444. The molecule has 2 aliphatic rings. The molecule has 3 rings (SSSR count). The van der Waals surface area contributed by atoms with Crippen molar-refractivity contribution in [3.8, 4) is 5.75 Å². The fourth-order valence-electron chi connectivity index (χ4n) is 3.12. The Morgan fingerprint density at radius 2 is 1.92 bits per heavy atom. The Hall–Kier alpha value is -2.11. The predicted octanol–water partition coefficient (Wildman–Crippen LogP) is 2.68. The van der Waals surface area contributed by atoms with E-state index in [1.165, 1.54) is 5.01 Å². The van der Waals surface area contributed by atoms with E-state index in [0.29, 0.717) is 37.2 Å². The van der Waals surface area contributed by atoms with Crippen LogP contribution in [0.4, 0.5) is 0 Å². The molecule has 25 heavy (non-hydrogen) atoms. The summed E-state index contributed by atoms with van der Waals surface area (Å²) in [6.07, 6.45) is 3.09. The summed E-state index contributed by atoms with van der Waals surface area (Å²) < 4.78 is 5.85. The van der Waals surface area contributed by atoms with E-state index >= 15 is 0 Å². The number of nitrogens with zero attached hydrogens (tertiary/aromatic N) is 2. The molecule has 1 saturated heterocycles. The van der Waals surface area contributed by atoms with Gasteiger partial charge in [-0.1, -0.05) is 28.1 Å². The third-order valence-corrected chi connectivity index (χ3v) is 4.89. The van der Waals surface area contributed by atoms with Gasteiger partial charge in [0.2, 0.25) is 11.8 Å². The Labute approximate surface area is 154 Å². The second-order valence-electron chi connectivity index (χ2n) is 5.99. The van der Waals surface area contributed by atoms with Crippen LogP contribution in [-0.4, -0.2) is 39.7 Å². The van der Waals surface area contributed by atoms with Crippen molar-refractivity contribution in [2.45, 2.75) is 38.6 Å². The molecule has 0 spiro atoms. The lowest BCUT2D eigenvalue weighted by molar-refractivity contribution is -0.162. The van der Waals surface area contributed by atoms with E-state index in [9.17, 15) is 14.4 Å². The molecule has 7 heteroatoms. The number of amides is 2. The molecule has 0 saturated carbocycles. The highest BCUT2D eigenvalue weighted by molar-refractivity contribution is 9.09. The molecule has 0 radical (unpaired) electrons. The number of unbranched alkanes of at least 4 members (excludes halogenated alkanes) is 1. The van der Waals surface area contributed by atoms with E-state index in [-0.39, 0.29) is 24.1 Å². The molecule has 1 fully saturated rings. The summed E-state index contributed by atoms with van der Waals surface area (Å²) >= 11 is 3.39. The Morgan fingerprint density at radius 1 is 1.16 bits per heavy atom. The molecule has 0 atom stereocenters. The number of benzene rings is 1. The van der Waals surface area contributed by atoms with Crippen LogP contribution in [0.2, 0.25) is 0 Å². The Kier molecular flexibility index (Phi) is 5.56. The number of piperidine rings is 1. The lowest BCUT2D eigenvalue weighted by Gasteiger charge is -2.33. The van der Waals surface area contributed by atoms with Gasteiger partial charge in [0.05, 0.1) is 13.2 Å². The average molecular weight is 407 g/mol. The second kappa shape index (κ2) is 7.85. The van der Waals surface area contributed by atoms with Gasteiger partial charge in [0.1, 0.15) is 11.4 Å². The van der Waals surface area contributed by atoms with Crippen LogP contribution in [0.1, 0.15) is 43.2 Å². The van der Waals surface area contributed by atoms with E-state index in [0.717, 1.165) is 28.7 Å². The first-order valence-electron chi connectivity index (χ1n) is 8.36. The third kappa shape index (κ3) is 3.48. The molecule has 1 aromatic carbocycles. The fourth-order valence-corrected chi connectivity index (χ4v) is 3.52. The van der Waals surface area contributed by atoms with Crippen LogP contribution >= 0.6 is 15.9 Å². The minimum Gasteiger partial charge on any atom is -0.493 e. The van der Waals surface area contributed by atoms with E-state index in [1.54, 1.807) is 12.1 Å². The minimum atomic E-state index is -0.281. The molecule has 2 aliphatic heterocycles. The lowest BCUT2D eigenvalue weighted by atomic mass is 10.1. The number of carbonyl (C=O) groups excluding carboxylic acids is 3. The van der Waals surface area contributed by atoms with Gasteiger partial charge in [0.15, 0.2) is 5.94 Å². The summed E-state index contributed by atoms with van der Waals surface area (Å²) in [5, 5.41) is 3.46. The van der Waals surface area contributed by atoms with Gasteiger partial charge in [-0.05, 0) is 25.3 Å². The Balaban J connectivity index is 1.86. The number of halogens is 1. The monoisotopic (exact) mass is 406 g/mol. The molecule has 132 valence electrons. The molecule has 2 heterocycles. The van der Waals surface area contributed by atoms with Gasteiger partial charge in [-0.3, -0.25) is 14.6 Å². The minimum absolute atomic E-state index is 0.213. The smallest absolute Gasteiger partial charge is 0.248 e. The second-order valence-corrected chi connectivity index (χ2v) is 6.78. The molecule has 0 N–H and O–H groups in total. The number of rotatable bonds is 6. The van der Waals surface area contributed by atoms with Crippen molar-refractivity contribution in [2.24, 2.45) is 0 Å². The molecule has 2 amide bonds. The van der Waals surface area contributed by atoms with Crippen molar-refractivity contribution < 1.29 is 19.1 Å². The van der Waals surface area contributed by atoms with E-state index in [2.05, 4.69) is 15.9 Å². The van der Waals surface area contributed by atoms with Gasteiger partial charge >= 0.3 is 0 Å². The van der Waals surface area contributed by atoms with Crippen LogP contribution in [-0.2, 0) is 20.9 Å². The molecule has 0 aliphatic carbocycles. The zero-order valence-corrected chi connectivity index (χ0v) is 15.4. The van der Waals surface area contributed by atoms with Crippen molar-refractivity contribution in [1.29, 1.82) is 0 Å². The van der Waals surface area contributed by atoms with Crippen LogP contribution in [0, 0.1) is 0 Å². The van der Waals surface area contributed by atoms with Crippen molar-refractivity contribution in [3.05, 3.63) is 29.3 Å². The SMILES string of the molecule is O=C=C1c2cccc(OCCCCBr)c2CN1N1C(=O)CCCC1=O. The number of imide groups is 1. The highest BCUT2D eigenvalue weighted by atomic mass is 79.9. The quantitative estimate of drug-likeness (QED) is 0.314. The van der Waals surface area contributed by atoms with Gasteiger partial charge in [-0.2, -0.15) is 5.01 Å². The van der Waals surface area contributed by atoms with Crippen molar-refractivity contribution >= 4 is 39.4 Å². The third-order valence-electron chi connectivity index (χ3n) is 4.33. The zero-order valence-electron chi connectivity index (χ0n) is 13.8. The maximum absolute atomic E-state index is 12.2. The van der Waals surface area contributed by atoms with Crippen LogP contribution < -0.4 is 4.74 Å². The number of alkyl halides is 1. The first kappa shape index (κ1) is 17.7. The lowest BCUT2D eigenvalue weighted by Crippen LogP contribution is -2.49. The molecule has 0 bridgehead atoms. The van der Waals surface area contributed by atoms with E-state index in [4.69, 9.17) is 4.74 Å². The number of ether oxygens (including phenoxy) is 1. The summed E-state index contributed by atoms with van der Waals surface area (Å²) in [4.78, 5) is 36.0. The maximum atomic E-state index is 12.2. The van der Waals surface area contributed by atoms with Gasteiger partial charge in [0, 0.05) is 29.3 Å². The normalized spacial score (nSPS) is 16.9. The Morgan fingerprint density at radius 3 is 2.60 bits per heavy atom. The van der Waals surface area contributed by atoms with Crippen LogP contribution in [0.15, 0.2) is 18.2 Å². The molecule has 1 aromatic rings. The largest absolute Gasteiger partial charge is 0.493 e. The molecule has 6 nitrogen and oxygen atoms in total. The average Bonchev–Trinajstić information content (AvgIpc) is 2.97. The van der Waals surface area contributed by atoms with Gasteiger partial charge < -0.3 is 4.74 Å². The highest BCUT2D eigenvalue weighted by Crippen LogP contribution is 2.38. The number of hydrogen-bond acceptors (Lipinski definition) is 5. The maximum Gasteiger partial charge on any atom is 0.248 e. The molecular weight excluding hydrogens is 388 g/mol. The predicted molar refractivity (Wildman–Crippen MR) is 95.3 cm³/mol. The first-order valence-corrected chi connectivity index (χ1v) is 9.49. The topological polar surface area (TPSA) is 66.9 Å². The Bertz CT molecular complexity index is 727. The van der Waals surface area contributed by atoms with Gasteiger partial charge in [-0.25, -0.2) is 4.79 Å². The molecular formula is C18H19BrN2O4. The number of carbonyl (C=O) groups is 2. The van der Waals surface area contributed by atoms with Crippen LogP contribution in [0.25, 0.3) is 5.70 Å². The van der Waals surface area contributed by atoms with Gasteiger partial charge in [0.25, 0.3) is 0 Å². The highest BCUT2D eigenvalue weighted by Gasteiger charge is 2.38. The van der Waals surface area contributed by atoms with Crippen molar-refractivity contribution in [1.82, 2.24) is 10.0 Å². The van der Waals surface area contributed by atoms with Crippen molar-refractivity contribution in [3.63, 3.8) is 0 Å².